The van der Waals surface area contributed by atoms with Gasteiger partial charge in [-0.15, -0.1) is 0 Å². The molecule has 0 saturated carbocycles. The van der Waals surface area contributed by atoms with Gasteiger partial charge in [0.25, 0.3) is 0 Å². The first-order valence-electron chi connectivity index (χ1n) is 7.52. The molecule has 2 aromatic rings. The summed E-state index contributed by atoms with van der Waals surface area (Å²) >= 11 is 5.75. The van der Waals surface area contributed by atoms with E-state index in [2.05, 4.69) is 5.32 Å². The van der Waals surface area contributed by atoms with Crippen LogP contribution in [-0.4, -0.2) is 26.9 Å². The molecule has 1 atom stereocenters. The second kappa shape index (κ2) is 6.93. The molecular weight excluding hydrogens is 366 g/mol. The Labute approximate surface area is 150 Å². The van der Waals surface area contributed by atoms with Crippen LogP contribution in [0.25, 0.3) is 0 Å². The number of amides is 1. The second-order valence-electron chi connectivity index (χ2n) is 5.61. The monoisotopic (exact) mass is 381 g/mol. The van der Waals surface area contributed by atoms with Gasteiger partial charge in [-0.25, -0.2) is 8.42 Å². The Balaban J connectivity index is 1.66. The quantitative estimate of drug-likeness (QED) is 0.861. The van der Waals surface area contributed by atoms with Crippen molar-refractivity contribution in [1.29, 1.82) is 0 Å². The molecule has 6 nitrogen and oxygen atoms in total. The number of benzene rings is 2. The second-order valence-corrected chi connectivity index (χ2v) is 8.04. The first-order chi connectivity index (χ1) is 11.8. The maximum atomic E-state index is 12.3. The minimum atomic E-state index is -3.73. The topological polar surface area (TPSA) is 81.7 Å². The molecule has 2 aromatic carbocycles. The third-order valence-electron chi connectivity index (χ3n) is 3.77. The van der Waals surface area contributed by atoms with Crippen LogP contribution in [0, 0.1) is 0 Å². The number of ether oxygens (including phenoxy) is 2. The van der Waals surface area contributed by atoms with Crippen molar-refractivity contribution in [3.8, 4) is 11.5 Å². The normalized spacial score (nSPS) is 14.2. The lowest BCUT2D eigenvalue weighted by Crippen LogP contribution is -2.32. The van der Waals surface area contributed by atoms with Gasteiger partial charge in [0.15, 0.2) is 21.3 Å². The Morgan fingerprint density at radius 1 is 1.16 bits per heavy atom. The zero-order valence-corrected chi connectivity index (χ0v) is 14.9. The Morgan fingerprint density at radius 3 is 2.56 bits per heavy atom. The Morgan fingerprint density at radius 2 is 1.84 bits per heavy atom. The first kappa shape index (κ1) is 17.6. The Kier molecular flexibility index (Phi) is 4.87. The number of carbonyl (C=O) groups excluding carboxylic acids is 1. The molecule has 132 valence electrons. The molecule has 1 aliphatic rings. The van der Waals surface area contributed by atoms with Crippen molar-refractivity contribution in [1.82, 2.24) is 5.32 Å². The van der Waals surface area contributed by atoms with Crippen molar-refractivity contribution < 1.29 is 22.7 Å². The van der Waals surface area contributed by atoms with Crippen LogP contribution < -0.4 is 14.8 Å². The third kappa shape index (κ3) is 4.05. The maximum Gasteiger partial charge on any atom is 0.236 e. The van der Waals surface area contributed by atoms with Crippen LogP contribution in [0.15, 0.2) is 47.4 Å². The summed E-state index contributed by atoms with van der Waals surface area (Å²) in [5.74, 6) is 0.0314. The van der Waals surface area contributed by atoms with E-state index in [0.29, 0.717) is 16.5 Å². The Bertz CT molecular complexity index is 896. The minimum absolute atomic E-state index is 0.0581. The van der Waals surface area contributed by atoms with Crippen molar-refractivity contribution in [2.24, 2.45) is 0 Å². The van der Waals surface area contributed by atoms with E-state index >= 15 is 0 Å². The van der Waals surface area contributed by atoms with Crippen LogP contribution in [0.2, 0.25) is 5.02 Å². The molecule has 3 rings (SSSR count). The standard InChI is InChI=1S/C17H16ClNO5S/c1-11(12-2-7-15-16(8-12)24-10-23-15)19-17(20)9-25(21,22)14-5-3-13(18)4-6-14/h2-8,11H,9-10H2,1H3,(H,19,20)/t11-/m0/s1. The molecule has 0 saturated heterocycles. The Hall–Kier alpha value is -2.25. The molecule has 8 heteroatoms. The lowest BCUT2D eigenvalue weighted by Gasteiger charge is -2.15. The van der Waals surface area contributed by atoms with Gasteiger partial charge in [-0.05, 0) is 48.9 Å². The molecule has 0 fully saturated rings. The average Bonchev–Trinajstić information content (AvgIpc) is 3.02. The van der Waals surface area contributed by atoms with Gasteiger partial charge in [-0.1, -0.05) is 17.7 Å². The van der Waals surface area contributed by atoms with Gasteiger partial charge in [0.1, 0.15) is 5.75 Å². The lowest BCUT2D eigenvalue weighted by atomic mass is 10.1. The van der Waals surface area contributed by atoms with Crippen LogP contribution >= 0.6 is 11.6 Å². The molecule has 0 radical (unpaired) electrons. The number of fused-ring (bicyclic) bond motifs is 1. The van der Waals surface area contributed by atoms with Crippen molar-refractivity contribution in [2.45, 2.75) is 17.9 Å². The van der Waals surface area contributed by atoms with Gasteiger partial charge in [-0.3, -0.25) is 4.79 Å². The van der Waals surface area contributed by atoms with Crippen molar-refractivity contribution in [3.05, 3.63) is 53.1 Å². The van der Waals surface area contributed by atoms with Crippen LogP contribution in [0.3, 0.4) is 0 Å². The molecule has 0 aromatic heterocycles. The average molecular weight is 382 g/mol. The summed E-state index contributed by atoms with van der Waals surface area (Å²) < 4.78 is 35.1. The van der Waals surface area contributed by atoms with E-state index < -0.39 is 21.5 Å². The van der Waals surface area contributed by atoms with Gasteiger partial charge in [0.05, 0.1) is 10.9 Å². The molecule has 1 heterocycles. The number of nitrogens with one attached hydrogen (secondary N) is 1. The molecule has 25 heavy (non-hydrogen) atoms. The highest BCUT2D eigenvalue weighted by Crippen LogP contribution is 2.34. The SMILES string of the molecule is C[C@H](NC(=O)CS(=O)(=O)c1ccc(Cl)cc1)c1ccc2c(c1)OCO2. The van der Waals surface area contributed by atoms with Gasteiger partial charge >= 0.3 is 0 Å². The summed E-state index contributed by atoms with van der Waals surface area (Å²) in [6.07, 6.45) is 0. The predicted octanol–water partition coefficient (Wildman–Crippen LogP) is 2.72. The van der Waals surface area contributed by atoms with Crippen molar-refractivity contribution in [2.75, 3.05) is 12.5 Å². The zero-order valence-electron chi connectivity index (χ0n) is 13.4. The summed E-state index contributed by atoms with van der Waals surface area (Å²) in [5, 5.41) is 3.11. The molecular formula is C17H16ClNO5S. The van der Waals surface area contributed by atoms with Crippen molar-refractivity contribution >= 4 is 27.3 Å². The van der Waals surface area contributed by atoms with Gasteiger partial charge < -0.3 is 14.8 Å². The molecule has 0 bridgehead atoms. The number of hydrogen-bond donors (Lipinski definition) is 1. The van der Waals surface area contributed by atoms with E-state index in [9.17, 15) is 13.2 Å². The number of sulfone groups is 1. The fourth-order valence-corrected chi connectivity index (χ4v) is 3.72. The van der Waals surface area contributed by atoms with E-state index in [-0.39, 0.29) is 17.7 Å². The number of hydrogen-bond acceptors (Lipinski definition) is 5. The fourth-order valence-electron chi connectivity index (χ4n) is 2.45. The highest BCUT2D eigenvalue weighted by Gasteiger charge is 2.22. The van der Waals surface area contributed by atoms with E-state index in [4.69, 9.17) is 21.1 Å². The van der Waals surface area contributed by atoms with E-state index in [1.54, 1.807) is 25.1 Å². The summed E-state index contributed by atoms with van der Waals surface area (Å²) in [7, 11) is -3.73. The first-order valence-corrected chi connectivity index (χ1v) is 9.55. The smallest absolute Gasteiger partial charge is 0.236 e. The minimum Gasteiger partial charge on any atom is -0.454 e. The zero-order chi connectivity index (χ0) is 18.0. The molecule has 1 aliphatic heterocycles. The van der Waals surface area contributed by atoms with E-state index in [1.165, 1.54) is 24.3 Å². The van der Waals surface area contributed by atoms with Crippen LogP contribution in [0.5, 0.6) is 11.5 Å². The van der Waals surface area contributed by atoms with Gasteiger partial charge in [0.2, 0.25) is 12.7 Å². The highest BCUT2D eigenvalue weighted by molar-refractivity contribution is 7.92. The summed E-state index contributed by atoms with van der Waals surface area (Å²) in [5.41, 5.74) is 0.793. The predicted molar refractivity (Wildman–Crippen MR) is 92.6 cm³/mol. The highest BCUT2D eigenvalue weighted by atomic mass is 35.5. The van der Waals surface area contributed by atoms with Crippen LogP contribution in [0.4, 0.5) is 0 Å². The third-order valence-corrected chi connectivity index (χ3v) is 5.65. The van der Waals surface area contributed by atoms with Gasteiger partial charge in [0, 0.05) is 5.02 Å². The van der Waals surface area contributed by atoms with Crippen molar-refractivity contribution in [3.63, 3.8) is 0 Å². The van der Waals surface area contributed by atoms with Gasteiger partial charge in [-0.2, -0.15) is 0 Å². The van der Waals surface area contributed by atoms with Crippen LogP contribution in [-0.2, 0) is 14.6 Å². The summed E-state index contributed by atoms with van der Waals surface area (Å²) in [6.45, 7) is 1.93. The van der Waals surface area contributed by atoms with E-state index in [0.717, 1.165) is 5.56 Å². The molecule has 0 unspecified atom stereocenters. The molecule has 0 aliphatic carbocycles. The van der Waals surface area contributed by atoms with Crippen LogP contribution in [0.1, 0.15) is 18.5 Å². The lowest BCUT2D eigenvalue weighted by molar-refractivity contribution is -0.119. The summed E-state index contributed by atoms with van der Waals surface area (Å²) in [4.78, 5) is 12.2. The molecule has 1 amide bonds. The maximum absolute atomic E-state index is 12.3. The van der Waals surface area contributed by atoms with E-state index in [1.807, 2.05) is 0 Å². The number of carbonyl (C=O) groups is 1. The molecule has 0 spiro atoms. The number of rotatable bonds is 5. The fraction of sp³-hybridized carbons (Fsp3) is 0.235. The molecule has 1 N–H and O–H groups in total. The number of halogens is 1. The summed E-state index contributed by atoms with van der Waals surface area (Å²) in [6, 6.07) is 10.7. The largest absolute Gasteiger partial charge is 0.454 e.